The molecule has 0 amide bonds. The molecule has 0 bridgehead atoms. The first kappa shape index (κ1) is 24.2. The fourth-order valence-electron chi connectivity index (χ4n) is 4.39. The largest absolute Gasteiger partial charge is 0.481 e. The molecule has 5 rings (SSSR count). The van der Waals surface area contributed by atoms with E-state index in [4.69, 9.17) is 5.11 Å². The highest BCUT2D eigenvalue weighted by Gasteiger charge is 2.24. The Balaban J connectivity index is 1.43. The maximum atomic E-state index is 12.8. The zero-order valence-corrected chi connectivity index (χ0v) is 20.5. The van der Waals surface area contributed by atoms with E-state index in [1.807, 2.05) is 30.3 Å². The van der Waals surface area contributed by atoms with E-state index in [9.17, 15) is 24.3 Å². The Morgan fingerprint density at radius 3 is 2.62 bits per heavy atom. The van der Waals surface area contributed by atoms with Crippen molar-refractivity contribution >= 4 is 60.9 Å². The van der Waals surface area contributed by atoms with Crippen molar-refractivity contribution in [2.45, 2.75) is 32.4 Å². The SMILES string of the molecule is Cc1nc2ccc3ccc(CNc4ccc5c(=O)n([C@@H](CCC(=O)O)C(=O)O)sc5c4)cc3c2c(=O)[nH]1. The third-order valence-corrected chi connectivity index (χ3v) is 7.33. The van der Waals surface area contributed by atoms with E-state index in [-0.39, 0.29) is 18.4 Å². The van der Waals surface area contributed by atoms with Gasteiger partial charge in [0, 0.05) is 18.7 Å². The predicted molar refractivity (Wildman–Crippen MR) is 142 cm³/mol. The molecule has 37 heavy (non-hydrogen) atoms. The summed E-state index contributed by atoms with van der Waals surface area (Å²) in [6.07, 6.45) is -0.538. The zero-order valence-electron chi connectivity index (χ0n) is 19.6. The van der Waals surface area contributed by atoms with Crippen LogP contribution < -0.4 is 16.4 Å². The lowest BCUT2D eigenvalue weighted by molar-refractivity contribution is -0.141. The number of hydrogen-bond donors (Lipinski definition) is 4. The number of rotatable bonds is 8. The molecule has 3 aromatic carbocycles. The molecule has 11 heteroatoms. The Morgan fingerprint density at radius 2 is 1.86 bits per heavy atom. The molecule has 4 N–H and O–H groups in total. The minimum Gasteiger partial charge on any atom is -0.481 e. The van der Waals surface area contributed by atoms with Crippen LogP contribution in [-0.2, 0) is 16.1 Å². The van der Waals surface area contributed by atoms with Gasteiger partial charge < -0.3 is 20.5 Å². The predicted octanol–water partition coefficient (Wildman–Crippen LogP) is 3.86. The molecule has 0 radical (unpaired) electrons. The van der Waals surface area contributed by atoms with Gasteiger partial charge in [-0.1, -0.05) is 29.7 Å². The Kier molecular flexibility index (Phi) is 6.22. The van der Waals surface area contributed by atoms with Crippen molar-refractivity contribution in [2.75, 3.05) is 5.32 Å². The molecule has 0 aliphatic heterocycles. The number of benzene rings is 3. The smallest absolute Gasteiger partial charge is 0.327 e. The number of H-pyrrole nitrogens is 1. The van der Waals surface area contributed by atoms with E-state index in [0.29, 0.717) is 33.4 Å². The Hall–Kier alpha value is -4.51. The van der Waals surface area contributed by atoms with Gasteiger partial charge >= 0.3 is 11.9 Å². The highest BCUT2D eigenvalue weighted by Crippen LogP contribution is 2.27. The fraction of sp³-hybridized carbons (Fsp3) is 0.192. The third kappa shape index (κ3) is 4.68. The maximum Gasteiger partial charge on any atom is 0.327 e. The Bertz CT molecular complexity index is 1820. The summed E-state index contributed by atoms with van der Waals surface area (Å²) < 4.78 is 1.72. The minimum absolute atomic E-state index is 0.183. The first-order chi connectivity index (χ1) is 17.7. The second-order valence-electron chi connectivity index (χ2n) is 8.74. The average Bonchev–Trinajstić information content (AvgIpc) is 3.17. The van der Waals surface area contributed by atoms with Gasteiger partial charge in [-0.3, -0.25) is 14.4 Å². The van der Waals surface area contributed by atoms with Crippen LogP contribution in [0.3, 0.4) is 0 Å². The fourth-order valence-corrected chi connectivity index (χ4v) is 5.54. The average molecular weight is 519 g/mol. The van der Waals surface area contributed by atoms with E-state index >= 15 is 0 Å². The number of aromatic amines is 1. The second kappa shape index (κ2) is 9.51. The van der Waals surface area contributed by atoms with Gasteiger partial charge in [0.15, 0.2) is 0 Å². The molecule has 1 atom stereocenters. The first-order valence-corrected chi connectivity index (χ1v) is 12.2. The second-order valence-corrected chi connectivity index (χ2v) is 9.76. The van der Waals surface area contributed by atoms with Gasteiger partial charge in [-0.15, -0.1) is 0 Å². The summed E-state index contributed by atoms with van der Waals surface area (Å²) in [4.78, 5) is 55.2. The lowest BCUT2D eigenvalue weighted by atomic mass is 10.0. The molecular formula is C26H22N4O6S. The zero-order chi connectivity index (χ0) is 26.3. The molecule has 2 aromatic heterocycles. The van der Waals surface area contributed by atoms with Crippen LogP contribution in [0.2, 0.25) is 0 Å². The van der Waals surface area contributed by atoms with E-state index in [1.165, 1.54) is 0 Å². The summed E-state index contributed by atoms with van der Waals surface area (Å²) in [6.45, 7) is 2.19. The number of aliphatic carboxylic acids is 2. The number of carboxylic acid groups (broad SMARTS) is 2. The van der Waals surface area contributed by atoms with Crippen molar-refractivity contribution in [1.82, 2.24) is 13.9 Å². The monoisotopic (exact) mass is 518 g/mol. The molecular weight excluding hydrogens is 496 g/mol. The van der Waals surface area contributed by atoms with Crippen molar-refractivity contribution < 1.29 is 19.8 Å². The molecule has 2 heterocycles. The molecule has 0 unspecified atom stereocenters. The molecule has 0 aliphatic rings. The number of fused-ring (bicyclic) bond motifs is 4. The third-order valence-electron chi connectivity index (χ3n) is 6.18. The number of nitrogens with zero attached hydrogens (tertiary/aromatic N) is 2. The molecule has 0 spiro atoms. The van der Waals surface area contributed by atoms with Crippen molar-refractivity contribution in [3.8, 4) is 0 Å². The summed E-state index contributed by atoms with van der Waals surface area (Å²) in [7, 11) is 0. The van der Waals surface area contributed by atoms with Crippen LogP contribution in [0.15, 0.2) is 58.1 Å². The van der Waals surface area contributed by atoms with Gasteiger partial charge in [0.05, 0.1) is 21.0 Å². The van der Waals surface area contributed by atoms with Crippen LogP contribution in [0.1, 0.15) is 30.3 Å². The first-order valence-electron chi connectivity index (χ1n) is 11.5. The number of aryl methyl sites for hydroxylation is 1. The van der Waals surface area contributed by atoms with Gasteiger partial charge in [0.2, 0.25) is 0 Å². The molecule has 0 aliphatic carbocycles. The molecule has 0 fully saturated rings. The molecule has 0 saturated heterocycles. The summed E-state index contributed by atoms with van der Waals surface area (Å²) in [5.41, 5.74) is 1.65. The maximum absolute atomic E-state index is 12.8. The summed E-state index contributed by atoms with van der Waals surface area (Å²) in [5.74, 6) is -1.82. The number of aromatic nitrogens is 3. The quantitative estimate of drug-likeness (QED) is 0.226. The number of hydrogen-bond acceptors (Lipinski definition) is 7. The van der Waals surface area contributed by atoms with Crippen LogP contribution in [0.5, 0.6) is 0 Å². The summed E-state index contributed by atoms with van der Waals surface area (Å²) in [6, 6.07) is 13.5. The van der Waals surface area contributed by atoms with Crippen LogP contribution >= 0.6 is 11.5 Å². The number of anilines is 1. The highest BCUT2D eigenvalue weighted by molar-refractivity contribution is 7.14. The standard InChI is InChI=1S/C26H22N4O6S/c1-13-28-19-7-4-15-3-2-14(10-18(15)23(19)24(33)29-13)12-27-16-5-6-17-21(11-16)37-30(25(17)34)20(26(35)36)8-9-22(31)32/h2-7,10-11,20,27H,8-9,12H2,1H3,(H,31,32)(H,35,36)(H,28,29,33)/t20-/m0/s1. The summed E-state index contributed by atoms with van der Waals surface area (Å²) >= 11 is 0.999. The number of carboxylic acids is 2. The van der Waals surface area contributed by atoms with E-state index in [2.05, 4.69) is 15.3 Å². The summed E-state index contributed by atoms with van der Waals surface area (Å²) in [5, 5.41) is 24.4. The number of nitrogens with one attached hydrogen (secondary N) is 2. The van der Waals surface area contributed by atoms with Crippen LogP contribution in [-0.4, -0.2) is 36.1 Å². The normalized spacial score (nSPS) is 12.2. The highest BCUT2D eigenvalue weighted by atomic mass is 32.1. The molecule has 188 valence electrons. The van der Waals surface area contributed by atoms with Crippen LogP contribution in [0.25, 0.3) is 31.8 Å². The van der Waals surface area contributed by atoms with E-state index in [0.717, 1.165) is 37.5 Å². The molecule has 10 nitrogen and oxygen atoms in total. The Morgan fingerprint density at radius 1 is 1.08 bits per heavy atom. The van der Waals surface area contributed by atoms with Crippen molar-refractivity contribution in [3.05, 3.63) is 80.6 Å². The number of carbonyl (C=O) groups is 2. The van der Waals surface area contributed by atoms with E-state index < -0.39 is 23.5 Å². The van der Waals surface area contributed by atoms with Gasteiger partial charge in [0.25, 0.3) is 11.1 Å². The molecule has 0 saturated carbocycles. The van der Waals surface area contributed by atoms with Crippen molar-refractivity contribution in [3.63, 3.8) is 0 Å². The topological polar surface area (TPSA) is 154 Å². The molecule has 5 aromatic rings. The van der Waals surface area contributed by atoms with Crippen LogP contribution in [0.4, 0.5) is 5.69 Å². The Labute approximate surface area is 213 Å². The van der Waals surface area contributed by atoms with Gasteiger partial charge in [-0.2, -0.15) is 0 Å². The van der Waals surface area contributed by atoms with E-state index in [1.54, 1.807) is 25.1 Å². The lowest BCUT2D eigenvalue weighted by Crippen LogP contribution is -2.26. The van der Waals surface area contributed by atoms with Gasteiger partial charge in [-0.05, 0) is 60.0 Å². The lowest BCUT2D eigenvalue weighted by Gasteiger charge is -2.10. The van der Waals surface area contributed by atoms with Gasteiger partial charge in [-0.25, -0.2) is 13.7 Å². The van der Waals surface area contributed by atoms with Crippen LogP contribution in [0, 0.1) is 6.92 Å². The van der Waals surface area contributed by atoms with Gasteiger partial charge in [0.1, 0.15) is 11.9 Å². The minimum atomic E-state index is -1.25. The van der Waals surface area contributed by atoms with Crippen molar-refractivity contribution in [2.24, 2.45) is 0 Å². The van der Waals surface area contributed by atoms with Crippen molar-refractivity contribution in [1.29, 1.82) is 0 Å².